The highest BCUT2D eigenvalue weighted by Gasteiger charge is 2.39. The predicted molar refractivity (Wildman–Crippen MR) is 118 cm³/mol. The molecule has 2 N–H and O–H groups in total. The lowest BCUT2D eigenvalue weighted by molar-refractivity contribution is -0.131. The fourth-order valence-electron chi connectivity index (χ4n) is 4.62. The molecule has 4 nitrogen and oxygen atoms in total. The smallest absolute Gasteiger partial charge is 0.328 e. The van der Waals surface area contributed by atoms with Crippen molar-refractivity contribution < 1.29 is 23.1 Å². The summed E-state index contributed by atoms with van der Waals surface area (Å²) in [6.07, 6.45) is 2.27. The molecular formula is C25H25F3N2O2. The second-order valence-electron chi connectivity index (χ2n) is 8.98. The monoisotopic (exact) mass is 442 g/mol. The van der Waals surface area contributed by atoms with Crippen molar-refractivity contribution in [3.63, 3.8) is 0 Å². The van der Waals surface area contributed by atoms with Gasteiger partial charge in [-0.25, -0.2) is 18.0 Å². The normalized spacial score (nSPS) is 19.6. The van der Waals surface area contributed by atoms with Crippen molar-refractivity contribution in [3.05, 3.63) is 76.5 Å². The predicted octanol–water partition coefficient (Wildman–Crippen LogP) is 5.63. The van der Waals surface area contributed by atoms with Gasteiger partial charge in [-0.05, 0) is 62.6 Å². The summed E-state index contributed by atoms with van der Waals surface area (Å²) < 4.78 is 44.5. The number of hydrogen-bond acceptors (Lipinski definition) is 2. The number of fused-ring (bicyclic) bond motifs is 3. The van der Waals surface area contributed by atoms with E-state index in [1.807, 2.05) is 36.1 Å². The molecule has 0 bridgehead atoms. The summed E-state index contributed by atoms with van der Waals surface area (Å²) in [5.41, 5.74) is 1.17. The van der Waals surface area contributed by atoms with E-state index in [9.17, 15) is 18.0 Å². The number of aromatic nitrogens is 1. The zero-order valence-corrected chi connectivity index (χ0v) is 18.1. The number of alkyl halides is 1. The summed E-state index contributed by atoms with van der Waals surface area (Å²) >= 11 is 0. The van der Waals surface area contributed by atoms with E-state index in [1.165, 1.54) is 26.0 Å². The van der Waals surface area contributed by atoms with Gasteiger partial charge in [0.25, 0.3) is 0 Å². The molecule has 2 aromatic carbocycles. The summed E-state index contributed by atoms with van der Waals surface area (Å²) in [4.78, 5) is 16.1. The van der Waals surface area contributed by atoms with Crippen LogP contribution in [0.2, 0.25) is 0 Å². The van der Waals surface area contributed by atoms with Gasteiger partial charge in [0.2, 0.25) is 0 Å². The van der Waals surface area contributed by atoms with E-state index in [0.717, 1.165) is 28.2 Å². The molecule has 0 amide bonds. The molecule has 0 unspecified atom stereocenters. The van der Waals surface area contributed by atoms with Crippen LogP contribution in [0, 0.1) is 11.6 Å². The van der Waals surface area contributed by atoms with Crippen LogP contribution in [-0.4, -0.2) is 39.2 Å². The molecule has 0 saturated heterocycles. The molecule has 0 saturated carbocycles. The van der Waals surface area contributed by atoms with E-state index in [0.29, 0.717) is 18.1 Å². The number of rotatable bonds is 5. The number of halogens is 3. The van der Waals surface area contributed by atoms with Crippen LogP contribution >= 0.6 is 0 Å². The SMILES string of the molecule is C[C@@H]1Cc2c([nH]c3ccccc23)[C@@H](c2cc(F)c(/C=C/C(=O)O)c(F)c2)N1CC(C)(C)F. The molecular weight excluding hydrogens is 417 g/mol. The topological polar surface area (TPSA) is 56.3 Å². The Morgan fingerprint density at radius 1 is 1.25 bits per heavy atom. The number of nitrogens with one attached hydrogen (secondary N) is 1. The van der Waals surface area contributed by atoms with Crippen molar-refractivity contribution >= 4 is 22.9 Å². The van der Waals surface area contributed by atoms with Crippen molar-refractivity contribution in [1.29, 1.82) is 0 Å². The van der Waals surface area contributed by atoms with Crippen LogP contribution in [0.15, 0.2) is 42.5 Å². The summed E-state index contributed by atoms with van der Waals surface area (Å²) in [7, 11) is 0. The first-order valence-corrected chi connectivity index (χ1v) is 10.5. The summed E-state index contributed by atoms with van der Waals surface area (Å²) in [5.74, 6) is -3.03. The molecule has 0 spiro atoms. The van der Waals surface area contributed by atoms with E-state index in [1.54, 1.807) is 0 Å². The minimum atomic E-state index is -1.52. The minimum absolute atomic E-state index is 0.0700. The lowest BCUT2D eigenvalue weighted by Crippen LogP contribution is -2.47. The summed E-state index contributed by atoms with van der Waals surface area (Å²) in [5, 5.41) is 9.83. The number of carbonyl (C=O) groups is 1. The second-order valence-corrected chi connectivity index (χ2v) is 8.98. The molecule has 168 valence electrons. The van der Waals surface area contributed by atoms with E-state index in [2.05, 4.69) is 4.98 Å². The first-order chi connectivity index (χ1) is 15.0. The van der Waals surface area contributed by atoms with Gasteiger partial charge in [-0.1, -0.05) is 18.2 Å². The maximum Gasteiger partial charge on any atom is 0.328 e. The van der Waals surface area contributed by atoms with Gasteiger partial charge in [-0.15, -0.1) is 0 Å². The first kappa shape index (κ1) is 22.1. The second kappa shape index (κ2) is 8.13. The number of H-pyrrole nitrogens is 1. The fraction of sp³-hybridized carbons (Fsp3) is 0.320. The molecule has 3 aromatic rings. The molecule has 2 heterocycles. The van der Waals surface area contributed by atoms with Crippen LogP contribution in [-0.2, 0) is 11.2 Å². The van der Waals surface area contributed by atoms with Crippen LogP contribution in [0.1, 0.15) is 49.2 Å². The van der Waals surface area contributed by atoms with Gasteiger partial charge in [0, 0.05) is 40.8 Å². The average Bonchev–Trinajstić information content (AvgIpc) is 3.04. The Balaban J connectivity index is 1.90. The number of carboxylic acids is 1. The van der Waals surface area contributed by atoms with Crippen LogP contribution in [0.3, 0.4) is 0 Å². The minimum Gasteiger partial charge on any atom is -0.478 e. The zero-order chi connectivity index (χ0) is 23.2. The van der Waals surface area contributed by atoms with Gasteiger partial charge < -0.3 is 10.1 Å². The van der Waals surface area contributed by atoms with Crippen LogP contribution in [0.25, 0.3) is 17.0 Å². The quantitative estimate of drug-likeness (QED) is 0.504. The number of aromatic amines is 1. The number of carboxylic acid groups (broad SMARTS) is 1. The maximum atomic E-state index is 14.9. The van der Waals surface area contributed by atoms with E-state index >= 15 is 0 Å². The Morgan fingerprint density at radius 3 is 2.53 bits per heavy atom. The third kappa shape index (κ3) is 4.17. The Labute approximate surface area is 184 Å². The Bertz CT molecular complexity index is 1190. The Hall–Kier alpha value is -3.06. The zero-order valence-electron chi connectivity index (χ0n) is 18.1. The first-order valence-electron chi connectivity index (χ1n) is 10.5. The van der Waals surface area contributed by atoms with Gasteiger partial charge in [-0.2, -0.15) is 0 Å². The van der Waals surface area contributed by atoms with Gasteiger partial charge >= 0.3 is 5.97 Å². The van der Waals surface area contributed by atoms with Crippen molar-refractivity contribution in [2.24, 2.45) is 0 Å². The summed E-state index contributed by atoms with van der Waals surface area (Å²) in [6, 6.07) is 9.56. The Kier molecular flexibility index (Phi) is 5.63. The number of aliphatic carboxylic acids is 1. The standard InChI is InChI=1S/C25H25F3N2O2/c1-14-10-18-16-6-4-5-7-21(16)29-23(18)24(30(14)13-25(2,3)28)15-11-19(26)17(20(27)12-15)8-9-22(31)32/h4-9,11-12,14,24,29H,10,13H2,1-3H3,(H,31,32)/b9-8+/t14-,24-/m1/s1. The van der Waals surface area contributed by atoms with E-state index in [4.69, 9.17) is 5.11 Å². The lowest BCUT2D eigenvalue weighted by atomic mass is 9.87. The van der Waals surface area contributed by atoms with Gasteiger partial charge in [0.15, 0.2) is 0 Å². The summed E-state index contributed by atoms with van der Waals surface area (Å²) in [6.45, 7) is 5.04. The van der Waals surface area contributed by atoms with Crippen molar-refractivity contribution in [1.82, 2.24) is 9.88 Å². The highest BCUT2D eigenvalue weighted by Crippen LogP contribution is 2.42. The third-order valence-corrected chi connectivity index (χ3v) is 5.89. The van der Waals surface area contributed by atoms with Crippen molar-refractivity contribution in [2.45, 2.75) is 44.9 Å². The molecule has 2 atom stereocenters. The largest absolute Gasteiger partial charge is 0.478 e. The number of nitrogens with zero attached hydrogens (tertiary/aromatic N) is 1. The highest BCUT2D eigenvalue weighted by molar-refractivity contribution is 5.86. The Morgan fingerprint density at radius 2 is 1.91 bits per heavy atom. The van der Waals surface area contributed by atoms with E-state index < -0.39 is 34.9 Å². The third-order valence-electron chi connectivity index (χ3n) is 5.89. The van der Waals surface area contributed by atoms with E-state index in [-0.39, 0.29) is 12.6 Å². The fourth-order valence-corrected chi connectivity index (χ4v) is 4.62. The van der Waals surface area contributed by atoms with Crippen LogP contribution in [0.4, 0.5) is 13.2 Å². The lowest BCUT2D eigenvalue weighted by Gasteiger charge is -2.43. The number of para-hydroxylation sites is 1. The maximum absolute atomic E-state index is 14.9. The molecule has 0 aliphatic carbocycles. The number of benzene rings is 2. The van der Waals surface area contributed by atoms with Crippen LogP contribution in [0.5, 0.6) is 0 Å². The molecule has 32 heavy (non-hydrogen) atoms. The average molecular weight is 442 g/mol. The van der Waals surface area contributed by atoms with Crippen molar-refractivity contribution in [3.8, 4) is 0 Å². The van der Waals surface area contributed by atoms with Crippen molar-refractivity contribution in [2.75, 3.05) is 6.54 Å². The molecule has 0 fully saturated rings. The van der Waals surface area contributed by atoms with Gasteiger partial charge in [0.05, 0.1) is 6.04 Å². The molecule has 0 radical (unpaired) electrons. The molecule has 1 aromatic heterocycles. The molecule has 1 aliphatic rings. The molecule has 1 aliphatic heterocycles. The van der Waals surface area contributed by atoms with Gasteiger partial charge in [0.1, 0.15) is 17.3 Å². The highest BCUT2D eigenvalue weighted by atomic mass is 19.1. The van der Waals surface area contributed by atoms with Gasteiger partial charge in [-0.3, -0.25) is 4.90 Å². The molecule has 4 rings (SSSR count). The number of hydrogen-bond donors (Lipinski definition) is 2. The molecule has 7 heteroatoms. The van der Waals surface area contributed by atoms with Crippen LogP contribution < -0.4 is 0 Å².